The highest BCUT2D eigenvalue weighted by atomic mass is 32.2. The molecule has 0 aliphatic carbocycles. The van der Waals surface area contributed by atoms with Crippen molar-refractivity contribution in [1.29, 1.82) is 0 Å². The maximum Gasteiger partial charge on any atom is 0.416 e. The zero-order valence-corrected chi connectivity index (χ0v) is 10.9. The molecule has 0 aliphatic heterocycles. The molecule has 0 fully saturated rings. The molecule has 2 N–H and O–H groups in total. The highest BCUT2D eigenvalue weighted by molar-refractivity contribution is 7.99. The standard InChI is InChI=1S/C13H12F3NOS/c1-8-12(4-5-18-8)19-10-3-2-9(7-17)11(6-10)13(14,15)16/h2-6H,7,17H2,1H3. The lowest BCUT2D eigenvalue weighted by Crippen LogP contribution is -2.11. The van der Waals surface area contributed by atoms with Crippen LogP contribution in [0.2, 0.25) is 0 Å². The summed E-state index contributed by atoms with van der Waals surface area (Å²) >= 11 is 1.24. The van der Waals surface area contributed by atoms with Crippen LogP contribution in [0.3, 0.4) is 0 Å². The van der Waals surface area contributed by atoms with Crippen molar-refractivity contribution in [3.8, 4) is 0 Å². The molecule has 2 rings (SSSR count). The van der Waals surface area contributed by atoms with Gasteiger partial charge in [-0.25, -0.2) is 0 Å². The summed E-state index contributed by atoms with van der Waals surface area (Å²) in [6.45, 7) is 1.63. The Bertz CT molecular complexity index is 578. The number of hydrogen-bond acceptors (Lipinski definition) is 3. The Hall–Kier alpha value is -1.40. The van der Waals surface area contributed by atoms with Crippen LogP contribution in [0.5, 0.6) is 0 Å². The predicted octanol–water partition coefficient (Wildman–Crippen LogP) is 4.22. The van der Waals surface area contributed by atoms with E-state index in [-0.39, 0.29) is 12.1 Å². The van der Waals surface area contributed by atoms with Crippen LogP contribution in [0, 0.1) is 6.92 Å². The summed E-state index contributed by atoms with van der Waals surface area (Å²) in [5.74, 6) is 0.682. The van der Waals surface area contributed by atoms with Crippen LogP contribution in [0.15, 0.2) is 44.7 Å². The number of halogens is 3. The monoisotopic (exact) mass is 287 g/mol. The fourth-order valence-corrected chi connectivity index (χ4v) is 2.55. The zero-order valence-electron chi connectivity index (χ0n) is 10.1. The van der Waals surface area contributed by atoms with Gasteiger partial charge in [0.15, 0.2) is 0 Å². The molecular formula is C13H12F3NOS. The fraction of sp³-hybridized carbons (Fsp3) is 0.231. The van der Waals surface area contributed by atoms with E-state index in [9.17, 15) is 13.2 Å². The Labute approximate surface area is 112 Å². The van der Waals surface area contributed by atoms with Crippen molar-refractivity contribution >= 4 is 11.8 Å². The number of alkyl halides is 3. The summed E-state index contributed by atoms with van der Waals surface area (Å²) in [7, 11) is 0. The molecule has 6 heteroatoms. The topological polar surface area (TPSA) is 39.2 Å². The maximum absolute atomic E-state index is 12.9. The number of nitrogens with two attached hydrogens (primary N) is 1. The van der Waals surface area contributed by atoms with Crippen molar-refractivity contribution in [1.82, 2.24) is 0 Å². The second-order valence-corrected chi connectivity index (χ2v) is 5.08. The molecule has 0 aliphatic rings. The minimum atomic E-state index is -4.39. The van der Waals surface area contributed by atoms with E-state index in [0.717, 1.165) is 11.0 Å². The lowest BCUT2D eigenvalue weighted by molar-refractivity contribution is -0.138. The first-order valence-electron chi connectivity index (χ1n) is 5.54. The van der Waals surface area contributed by atoms with Gasteiger partial charge in [0.2, 0.25) is 0 Å². The molecule has 0 saturated carbocycles. The molecule has 1 aromatic carbocycles. The van der Waals surface area contributed by atoms with Gasteiger partial charge in [-0.15, -0.1) is 0 Å². The van der Waals surface area contributed by atoms with Crippen LogP contribution in [0.1, 0.15) is 16.9 Å². The van der Waals surface area contributed by atoms with Crippen LogP contribution in [-0.4, -0.2) is 0 Å². The van der Waals surface area contributed by atoms with Gasteiger partial charge in [-0.3, -0.25) is 0 Å². The van der Waals surface area contributed by atoms with Crippen molar-refractivity contribution in [2.45, 2.75) is 29.4 Å². The molecule has 0 amide bonds. The summed E-state index contributed by atoms with van der Waals surface area (Å²) < 4.78 is 43.8. The number of aryl methyl sites for hydroxylation is 1. The van der Waals surface area contributed by atoms with Gasteiger partial charge in [-0.1, -0.05) is 17.8 Å². The molecule has 0 radical (unpaired) electrons. The zero-order chi connectivity index (χ0) is 14.0. The fourth-order valence-electron chi connectivity index (χ4n) is 1.67. The lowest BCUT2D eigenvalue weighted by atomic mass is 10.1. The second-order valence-electron chi connectivity index (χ2n) is 3.96. The quantitative estimate of drug-likeness (QED) is 0.918. The van der Waals surface area contributed by atoms with Crippen molar-refractivity contribution in [3.63, 3.8) is 0 Å². The lowest BCUT2D eigenvalue weighted by Gasteiger charge is -2.13. The summed E-state index contributed by atoms with van der Waals surface area (Å²) in [6, 6.07) is 5.90. The molecule has 1 heterocycles. The smallest absolute Gasteiger partial charge is 0.416 e. The van der Waals surface area contributed by atoms with Crippen LogP contribution in [0.4, 0.5) is 13.2 Å². The second kappa shape index (κ2) is 5.30. The molecule has 2 aromatic rings. The minimum absolute atomic E-state index is 0.0979. The molecule has 0 spiro atoms. The summed E-state index contributed by atoms with van der Waals surface area (Å²) in [4.78, 5) is 1.31. The molecule has 0 saturated heterocycles. The van der Waals surface area contributed by atoms with E-state index in [1.54, 1.807) is 19.1 Å². The summed E-state index contributed by atoms with van der Waals surface area (Å²) in [5.41, 5.74) is 4.75. The third-order valence-electron chi connectivity index (χ3n) is 2.65. The average molecular weight is 287 g/mol. The number of rotatable bonds is 3. The van der Waals surface area contributed by atoms with E-state index in [1.807, 2.05) is 0 Å². The maximum atomic E-state index is 12.9. The SMILES string of the molecule is Cc1occc1Sc1ccc(CN)c(C(F)(F)F)c1. The number of furan rings is 1. The number of hydrogen-bond donors (Lipinski definition) is 1. The average Bonchev–Trinajstić information content (AvgIpc) is 2.74. The van der Waals surface area contributed by atoms with E-state index < -0.39 is 11.7 Å². The highest BCUT2D eigenvalue weighted by Gasteiger charge is 2.33. The first-order chi connectivity index (χ1) is 8.91. The first-order valence-corrected chi connectivity index (χ1v) is 6.35. The minimum Gasteiger partial charge on any atom is -0.468 e. The molecule has 102 valence electrons. The van der Waals surface area contributed by atoms with Crippen LogP contribution < -0.4 is 5.73 Å². The third kappa shape index (κ3) is 3.13. The van der Waals surface area contributed by atoms with Crippen molar-refractivity contribution in [2.24, 2.45) is 5.73 Å². The molecule has 0 bridgehead atoms. The van der Waals surface area contributed by atoms with Gasteiger partial charge < -0.3 is 10.2 Å². The van der Waals surface area contributed by atoms with E-state index in [0.29, 0.717) is 10.7 Å². The predicted molar refractivity (Wildman–Crippen MR) is 66.9 cm³/mol. The molecule has 19 heavy (non-hydrogen) atoms. The van der Waals surface area contributed by atoms with E-state index in [4.69, 9.17) is 10.2 Å². The molecule has 1 aromatic heterocycles. The molecular weight excluding hydrogens is 275 g/mol. The summed E-state index contributed by atoms with van der Waals surface area (Å²) in [6.07, 6.45) is -2.88. The van der Waals surface area contributed by atoms with E-state index in [1.165, 1.54) is 24.1 Å². The molecule has 2 nitrogen and oxygen atoms in total. The van der Waals surface area contributed by atoms with Crippen LogP contribution in [0.25, 0.3) is 0 Å². The molecule has 0 unspecified atom stereocenters. The van der Waals surface area contributed by atoms with Crippen LogP contribution >= 0.6 is 11.8 Å². The highest BCUT2D eigenvalue weighted by Crippen LogP contribution is 2.37. The Morgan fingerprint density at radius 2 is 2.00 bits per heavy atom. The largest absolute Gasteiger partial charge is 0.468 e. The third-order valence-corrected chi connectivity index (χ3v) is 3.78. The van der Waals surface area contributed by atoms with Crippen molar-refractivity contribution in [3.05, 3.63) is 47.4 Å². The van der Waals surface area contributed by atoms with Gasteiger partial charge >= 0.3 is 6.18 Å². The Kier molecular flexibility index (Phi) is 3.91. The van der Waals surface area contributed by atoms with E-state index in [2.05, 4.69) is 0 Å². The van der Waals surface area contributed by atoms with Crippen molar-refractivity contribution in [2.75, 3.05) is 0 Å². The van der Waals surface area contributed by atoms with E-state index >= 15 is 0 Å². The van der Waals surface area contributed by atoms with Gasteiger partial charge in [0.25, 0.3) is 0 Å². The Morgan fingerprint density at radius 1 is 1.26 bits per heavy atom. The van der Waals surface area contributed by atoms with Gasteiger partial charge in [0.1, 0.15) is 5.76 Å². The molecule has 0 atom stereocenters. The Balaban J connectivity index is 2.36. The van der Waals surface area contributed by atoms with Crippen LogP contribution in [-0.2, 0) is 12.7 Å². The van der Waals surface area contributed by atoms with Gasteiger partial charge in [0, 0.05) is 11.4 Å². The first kappa shape index (κ1) is 14.0. The normalized spacial score (nSPS) is 11.8. The van der Waals surface area contributed by atoms with Gasteiger partial charge in [-0.05, 0) is 30.7 Å². The van der Waals surface area contributed by atoms with Gasteiger partial charge in [-0.2, -0.15) is 13.2 Å². The Morgan fingerprint density at radius 3 is 2.53 bits per heavy atom. The van der Waals surface area contributed by atoms with Gasteiger partial charge in [0.05, 0.1) is 16.7 Å². The van der Waals surface area contributed by atoms with Crippen molar-refractivity contribution < 1.29 is 17.6 Å². The summed E-state index contributed by atoms with van der Waals surface area (Å²) in [5, 5.41) is 0. The number of benzene rings is 1.